The van der Waals surface area contributed by atoms with E-state index in [9.17, 15) is 9.59 Å². The predicted octanol–water partition coefficient (Wildman–Crippen LogP) is 3.38. The van der Waals surface area contributed by atoms with Gasteiger partial charge in [0, 0.05) is 31.5 Å². The van der Waals surface area contributed by atoms with Gasteiger partial charge in [-0.2, -0.15) is 0 Å². The fraction of sp³-hybridized carbons (Fsp3) is 0.636. The maximum absolute atomic E-state index is 12.7. The van der Waals surface area contributed by atoms with Crippen molar-refractivity contribution in [1.82, 2.24) is 10.2 Å². The quantitative estimate of drug-likeness (QED) is 0.862. The number of methoxy groups -OCH3 is 1. The molecule has 2 amide bonds. The van der Waals surface area contributed by atoms with Gasteiger partial charge in [0.05, 0.1) is 7.11 Å². The van der Waals surface area contributed by atoms with Crippen LogP contribution in [-0.2, 0) is 16.1 Å². The van der Waals surface area contributed by atoms with Crippen LogP contribution in [0.5, 0.6) is 5.75 Å². The minimum Gasteiger partial charge on any atom is -0.497 e. The first kappa shape index (κ1) is 19.7. The second-order valence-corrected chi connectivity index (χ2v) is 8.12. The third-order valence-corrected chi connectivity index (χ3v) is 6.17. The molecule has 2 fully saturated rings. The molecule has 0 atom stereocenters. The predicted molar refractivity (Wildman–Crippen MR) is 105 cm³/mol. The first-order valence-electron chi connectivity index (χ1n) is 10.3. The molecular weight excluding hydrogens is 340 g/mol. The Hall–Kier alpha value is -2.04. The summed E-state index contributed by atoms with van der Waals surface area (Å²) in [6, 6.07) is 7.74. The molecule has 5 nitrogen and oxygen atoms in total. The van der Waals surface area contributed by atoms with Crippen LogP contribution < -0.4 is 10.1 Å². The molecule has 1 aliphatic carbocycles. The Kier molecular flexibility index (Phi) is 6.75. The summed E-state index contributed by atoms with van der Waals surface area (Å²) in [4.78, 5) is 27.2. The van der Waals surface area contributed by atoms with Gasteiger partial charge < -0.3 is 15.0 Å². The van der Waals surface area contributed by atoms with E-state index in [1.807, 2.05) is 24.3 Å². The molecule has 27 heavy (non-hydrogen) atoms. The fourth-order valence-corrected chi connectivity index (χ4v) is 4.17. The standard InChI is InChI=1S/C22H32N2O3/c1-16-11-13-24(14-12-16)22(26)19-7-5-18(6-8-19)21(25)23-15-17-3-9-20(27-2)10-4-17/h3-4,9-10,16,18-19H,5-8,11-15H2,1-2H3,(H,23,25). The molecule has 5 heteroatoms. The fourth-order valence-electron chi connectivity index (χ4n) is 4.17. The van der Waals surface area contributed by atoms with Crippen LogP contribution in [0.4, 0.5) is 0 Å². The lowest BCUT2D eigenvalue weighted by atomic mass is 9.80. The first-order valence-corrected chi connectivity index (χ1v) is 10.3. The van der Waals surface area contributed by atoms with Gasteiger partial charge in [-0.05, 0) is 62.1 Å². The summed E-state index contributed by atoms with van der Waals surface area (Å²) >= 11 is 0. The van der Waals surface area contributed by atoms with Crippen molar-refractivity contribution in [2.75, 3.05) is 20.2 Å². The average molecular weight is 373 g/mol. The number of nitrogens with zero attached hydrogens (tertiary/aromatic N) is 1. The van der Waals surface area contributed by atoms with Crippen LogP contribution in [0.2, 0.25) is 0 Å². The van der Waals surface area contributed by atoms with Crippen molar-refractivity contribution in [3.05, 3.63) is 29.8 Å². The van der Waals surface area contributed by atoms with Crippen molar-refractivity contribution in [1.29, 1.82) is 0 Å². The highest BCUT2D eigenvalue weighted by molar-refractivity contribution is 5.81. The second kappa shape index (κ2) is 9.25. The van der Waals surface area contributed by atoms with E-state index in [2.05, 4.69) is 17.1 Å². The number of rotatable bonds is 5. The van der Waals surface area contributed by atoms with Gasteiger partial charge in [0.2, 0.25) is 11.8 Å². The lowest BCUT2D eigenvalue weighted by Gasteiger charge is -2.35. The highest BCUT2D eigenvalue weighted by atomic mass is 16.5. The van der Waals surface area contributed by atoms with Gasteiger partial charge >= 0.3 is 0 Å². The zero-order valence-corrected chi connectivity index (χ0v) is 16.6. The summed E-state index contributed by atoms with van der Waals surface area (Å²) in [5.74, 6) is 2.13. The van der Waals surface area contributed by atoms with E-state index in [1.165, 1.54) is 0 Å². The van der Waals surface area contributed by atoms with Crippen molar-refractivity contribution >= 4 is 11.8 Å². The van der Waals surface area contributed by atoms with Crippen LogP contribution in [0.3, 0.4) is 0 Å². The number of nitrogens with one attached hydrogen (secondary N) is 1. The van der Waals surface area contributed by atoms with Gasteiger partial charge in [-0.3, -0.25) is 9.59 Å². The number of amides is 2. The molecule has 1 saturated carbocycles. The maximum atomic E-state index is 12.7. The van der Waals surface area contributed by atoms with Crippen molar-refractivity contribution in [2.24, 2.45) is 17.8 Å². The summed E-state index contributed by atoms with van der Waals surface area (Å²) in [6.45, 7) is 4.61. The Labute approximate surface area is 162 Å². The van der Waals surface area contributed by atoms with E-state index in [0.29, 0.717) is 12.5 Å². The topological polar surface area (TPSA) is 58.6 Å². The molecule has 1 heterocycles. The van der Waals surface area contributed by atoms with Crippen LogP contribution in [0.15, 0.2) is 24.3 Å². The molecule has 1 aromatic rings. The van der Waals surface area contributed by atoms with E-state index in [1.54, 1.807) is 7.11 Å². The summed E-state index contributed by atoms with van der Waals surface area (Å²) in [6.07, 6.45) is 5.55. The lowest BCUT2D eigenvalue weighted by Crippen LogP contribution is -2.43. The summed E-state index contributed by atoms with van der Waals surface area (Å²) < 4.78 is 5.15. The van der Waals surface area contributed by atoms with E-state index in [0.717, 1.165) is 68.8 Å². The van der Waals surface area contributed by atoms with Crippen LogP contribution in [-0.4, -0.2) is 36.9 Å². The van der Waals surface area contributed by atoms with Gasteiger partial charge in [-0.1, -0.05) is 19.1 Å². The molecule has 0 bridgehead atoms. The molecule has 1 aliphatic heterocycles. The van der Waals surface area contributed by atoms with Crippen LogP contribution in [0.1, 0.15) is 51.0 Å². The normalized spacial score (nSPS) is 23.7. The van der Waals surface area contributed by atoms with E-state index in [-0.39, 0.29) is 17.7 Å². The van der Waals surface area contributed by atoms with Gasteiger partial charge in [0.15, 0.2) is 0 Å². The first-order chi connectivity index (χ1) is 13.1. The molecule has 0 spiro atoms. The van der Waals surface area contributed by atoms with Gasteiger partial charge in [0.25, 0.3) is 0 Å². The van der Waals surface area contributed by atoms with Crippen LogP contribution >= 0.6 is 0 Å². The van der Waals surface area contributed by atoms with Crippen molar-refractivity contribution in [3.63, 3.8) is 0 Å². The SMILES string of the molecule is COc1ccc(CNC(=O)C2CCC(C(=O)N3CCC(C)CC3)CC2)cc1. The molecule has 0 radical (unpaired) electrons. The molecule has 1 aromatic carbocycles. The number of piperidine rings is 1. The van der Waals surface area contributed by atoms with E-state index >= 15 is 0 Å². The van der Waals surface area contributed by atoms with E-state index < -0.39 is 0 Å². The lowest BCUT2D eigenvalue weighted by molar-refractivity contribution is -0.139. The largest absolute Gasteiger partial charge is 0.497 e. The summed E-state index contributed by atoms with van der Waals surface area (Å²) in [7, 11) is 1.64. The molecule has 2 aliphatic rings. The molecular formula is C22H32N2O3. The molecule has 0 aromatic heterocycles. The molecule has 1 saturated heterocycles. The van der Waals surface area contributed by atoms with Crippen molar-refractivity contribution in [3.8, 4) is 5.75 Å². The molecule has 0 unspecified atom stereocenters. The number of likely N-dealkylation sites (tertiary alicyclic amines) is 1. The maximum Gasteiger partial charge on any atom is 0.225 e. The van der Waals surface area contributed by atoms with Gasteiger partial charge in [0.1, 0.15) is 5.75 Å². The summed E-state index contributed by atoms with van der Waals surface area (Å²) in [5.41, 5.74) is 1.06. The number of hydrogen-bond donors (Lipinski definition) is 1. The van der Waals surface area contributed by atoms with E-state index in [4.69, 9.17) is 4.74 Å². The Morgan fingerprint density at radius 1 is 1.00 bits per heavy atom. The second-order valence-electron chi connectivity index (χ2n) is 8.12. The monoisotopic (exact) mass is 372 g/mol. The highest BCUT2D eigenvalue weighted by Crippen LogP contribution is 2.31. The van der Waals surface area contributed by atoms with Crippen molar-refractivity contribution < 1.29 is 14.3 Å². The third kappa shape index (κ3) is 5.24. The number of ether oxygens (including phenoxy) is 1. The number of carbonyl (C=O) groups is 2. The van der Waals surface area contributed by atoms with Gasteiger partial charge in [-0.15, -0.1) is 0 Å². The third-order valence-electron chi connectivity index (χ3n) is 6.17. The molecule has 1 N–H and O–H groups in total. The Morgan fingerprint density at radius 2 is 1.59 bits per heavy atom. The average Bonchev–Trinajstić information content (AvgIpc) is 2.72. The Morgan fingerprint density at radius 3 is 2.19 bits per heavy atom. The van der Waals surface area contributed by atoms with Gasteiger partial charge in [-0.25, -0.2) is 0 Å². The summed E-state index contributed by atoms with van der Waals surface area (Å²) in [5, 5.41) is 3.04. The minimum absolute atomic E-state index is 0.0358. The number of benzene rings is 1. The number of carbonyl (C=O) groups excluding carboxylic acids is 2. The van der Waals surface area contributed by atoms with Crippen LogP contribution in [0.25, 0.3) is 0 Å². The minimum atomic E-state index is 0.0358. The Balaban J connectivity index is 1.41. The zero-order valence-electron chi connectivity index (χ0n) is 16.6. The zero-order chi connectivity index (χ0) is 19.2. The highest BCUT2D eigenvalue weighted by Gasteiger charge is 2.33. The van der Waals surface area contributed by atoms with Crippen molar-refractivity contribution in [2.45, 2.75) is 52.0 Å². The molecule has 3 rings (SSSR count). The Bertz CT molecular complexity index is 627. The smallest absolute Gasteiger partial charge is 0.225 e. The molecule has 148 valence electrons. The number of hydrogen-bond acceptors (Lipinski definition) is 3. The van der Waals surface area contributed by atoms with Crippen LogP contribution in [0, 0.1) is 17.8 Å².